The molecule has 0 atom stereocenters. The van der Waals surface area contributed by atoms with Crippen molar-refractivity contribution in [1.29, 1.82) is 0 Å². The van der Waals surface area contributed by atoms with Crippen LogP contribution in [0.1, 0.15) is 0 Å². The number of nitrogens with two attached hydrogens (primary N) is 1. The van der Waals surface area contributed by atoms with Crippen molar-refractivity contribution in [2.45, 2.75) is 4.90 Å². The van der Waals surface area contributed by atoms with Gasteiger partial charge in [0.05, 0.1) is 10.7 Å². The van der Waals surface area contributed by atoms with Crippen molar-refractivity contribution in [2.75, 3.05) is 5.01 Å². The van der Waals surface area contributed by atoms with E-state index in [0.29, 0.717) is 10.0 Å². The summed E-state index contributed by atoms with van der Waals surface area (Å²) in [5.74, 6) is 0. The van der Waals surface area contributed by atoms with Gasteiger partial charge in [0.25, 0.3) is 10.0 Å². The molecule has 6 nitrogen and oxygen atoms in total. The van der Waals surface area contributed by atoms with Crippen LogP contribution in [0.4, 0.5) is 10.5 Å². The summed E-state index contributed by atoms with van der Waals surface area (Å²) in [5.41, 5.74) is 5.38. The summed E-state index contributed by atoms with van der Waals surface area (Å²) < 4.78 is 24.9. The molecular formula is C13H10Cl3N3O3S. The average Bonchev–Trinajstić information content (AvgIpc) is 2.47. The molecule has 0 aliphatic carbocycles. The minimum absolute atomic E-state index is 0.0579. The third kappa shape index (κ3) is 4.27. The fourth-order valence-corrected chi connectivity index (χ4v) is 3.68. The van der Waals surface area contributed by atoms with Crippen molar-refractivity contribution in [3.8, 4) is 0 Å². The van der Waals surface area contributed by atoms with E-state index in [2.05, 4.69) is 0 Å². The number of amides is 2. The SMILES string of the molecule is NC(=O)N(NS(=O)(=O)c1cc(Cl)ccc1Cl)c1cccc(Cl)c1. The zero-order valence-corrected chi connectivity index (χ0v) is 14.4. The number of hydrogen-bond donors (Lipinski definition) is 2. The van der Waals surface area contributed by atoms with Gasteiger partial charge in [0, 0.05) is 10.0 Å². The normalized spacial score (nSPS) is 11.3. The molecule has 0 bridgehead atoms. The van der Waals surface area contributed by atoms with Crippen LogP contribution >= 0.6 is 34.8 Å². The smallest absolute Gasteiger partial charge is 0.334 e. The molecule has 0 fully saturated rings. The highest BCUT2D eigenvalue weighted by Crippen LogP contribution is 2.26. The van der Waals surface area contributed by atoms with E-state index in [0.717, 1.165) is 6.07 Å². The number of sulfonamides is 1. The number of hydrazine groups is 1. The van der Waals surface area contributed by atoms with E-state index in [1.54, 1.807) is 6.07 Å². The standard InChI is InChI=1S/C13H10Cl3N3O3S/c14-8-2-1-3-10(6-8)19(13(17)20)18-23(21,22)12-7-9(15)4-5-11(12)16/h1-7,18H,(H2,17,20). The molecule has 0 unspecified atom stereocenters. The number of primary amides is 1. The van der Waals surface area contributed by atoms with E-state index >= 15 is 0 Å². The van der Waals surface area contributed by atoms with Gasteiger partial charge in [0.15, 0.2) is 0 Å². The first kappa shape index (κ1) is 17.8. The predicted molar refractivity (Wildman–Crippen MR) is 90.3 cm³/mol. The van der Waals surface area contributed by atoms with E-state index in [4.69, 9.17) is 40.5 Å². The lowest BCUT2D eigenvalue weighted by molar-refractivity contribution is 0.253. The van der Waals surface area contributed by atoms with Gasteiger partial charge in [-0.15, -0.1) is 4.83 Å². The van der Waals surface area contributed by atoms with Crippen molar-refractivity contribution in [2.24, 2.45) is 5.73 Å². The maximum Gasteiger partial charge on any atom is 0.334 e. The molecule has 0 heterocycles. The van der Waals surface area contributed by atoms with Crippen LogP contribution in [-0.4, -0.2) is 14.4 Å². The zero-order valence-electron chi connectivity index (χ0n) is 11.3. The van der Waals surface area contributed by atoms with Gasteiger partial charge in [-0.05, 0) is 36.4 Å². The van der Waals surface area contributed by atoms with Crippen LogP contribution in [0.2, 0.25) is 15.1 Å². The first-order valence-corrected chi connectivity index (χ1v) is 8.65. The number of carbonyl (C=O) groups excluding carboxylic acids is 1. The lowest BCUT2D eigenvalue weighted by Crippen LogP contribution is -2.49. The number of carbonyl (C=O) groups is 1. The monoisotopic (exact) mass is 393 g/mol. The fraction of sp³-hybridized carbons (Fsp3) is 0. The molecule has 2 aromatic rings. The Kier molecular flexibility index (Phi) is 5.38. The van der Waals surface area contributed by atoms with Crippen LogP contribution in [0.5, 0.6) is 0 Å². The van der Waals surface area contributed by atoms with E-state index in [-0.39, 0.29) is 20.6 Å². The molecule has 10 heteroatoms. The van der Waals surface area contributed by atoms with Crippen LogP contribution in [0.15, 0.2) is 47.4 Å². The summed E-state index contributed by atoms with van der Waals surface area (Å²) in [6.07, 6.45) is 0. The summed E-state index contributed by atoms with van der Waals surface area (Å²) in [4.78, 5) is 13.3. The van der Waals surface area contributed by atoms with Crippen molar-refractivity contribution < 1.29 is 13.2 Å². The van der Waals surface area contributed by atoms with Crippen LogP contribution in [0, 0.1) is 0 Å². The van der Waals surface area contributed by atoms with Gasteiger partial charge in [-0.3, -0.25) is 0 Å². The Balaban J connectivity index is 2.43. The van der Waals surface area contributed by atoms with Crippen molar-refractivity contribution in [3.05, 3.63) is 57.5 Å². The van der Waals surface area contributed by atoms with Gasteiger partial charge in [-0.25, -0.2) is 18.2 Å². The van der Waals surface area contributed by atoms with E-state index < -0.39 is 16.1 Å². The maximum atomic E-state index is 12.4. The largest absolute Gasteiger partial charge is 0.350 e. The van der Waals surface area contributed by atoms with Crippen LogP contribution in [0.3, 0.4) is 0 Å². The van der Waals surface area contributed by atoms with Crippen LogP contribution in [-0.2, 0) is 10.0 Å². The molecule has 3 N–H and O–H groups in total. The third-order valence-corrected chi connectivity index (χ3v) is 4.93. The van der Waals surface area contributed by atoms with Gasteiger partial charge in [0.1, 0.15) is 4.90 Å². The summed E-state index contributed by atoms with van der Waals surface area (Å²) in [7, 11) is -4.20. The maximum absolute atomic E-state index is 12.4. The number of nitrogens with one attached hydrogen (secondary N) is 1. The van der Waals surface area contributed by atoms with Gasteiger partial charge in [-0.1, -0.05) is 40.9 Å². The molecule has 0 radical (unpaired) electrons. The number of anilines is 1. The fourth-order valence-electron chi connectivity index (χ4n) is 1.69. The average molecular weight is 395 g/mol. The Morgan fingerprint density at radius 2 is 1.70 bits per heavy atom. The first-order chi connectivity index (χ1) is 10.7. The minimum atomic E-state index is -4.20. The highest BCUT2D eigenvalue weighted by Gasteiger charge is 2.24. The summed E-state index contributed by atoms with van der Waals surface area (Å²) >= 11 is 17.5. The molecule has 0 spiro atoms. The quantitative estimate of drug-likeness (QED) is 0.778. The highest BCUT2D eigenvalue weighted by molar-refractivity contribution is 7.89. The number of urea groups is 1. The lowest BCUT2D eigenvalue weighted by atomic mass is 10.3. The second-order valence-electron chi connectivity index (χ2n) is 4.32. The van der Waals surface area contributed by atoms with Gasteiger partial charge in [-0.2, -0.15) is 0 Å². The topological polar surface area (TPSA) is 92.5 Å². The summed E-state index contributed by atoms with van der Waals surface area (Å²) in [5, 5.41) is 1.05. The molecule has 0 saturated carbocycles. The number of halogens is 3. The molecule has 0 aliphatic rings. The Hall–Kier alpha value is -1.51. The van der Waals surface area contributed by atoms with E-state index in [9.17, 15) is 13.2 Å². The number of rotatable bonds is 4. The molecule has 2 aromatic carbocycles. The van der Waals surface area contributed by atoms with Crippen LogP contribution < -0.4 is 15.6 Å². The van der Waals surface area contributed by atoms with Gasteiger partial charge >= 0.3 is 6.03 Å². The predicted octanol–water partition coefficient (Wildman–Crippen LogP) is 3.43. The molecule has 2 amide bonds. The van der Waals surface area contributed by atoms with Crippen LogP contribution in [0.25, 0.3) is 0 Å². The Bertz CT molecular complexity index is 859. The highest BCUT2D eigenvalue weighted by atomic mass is 35.5. The number of benzene rings is 2. The van der Waals surface area contributed by atoms with Gasteiger partial charge in [0.2, 0.25) is 0 Å². The lowest BCUT2D eigenvalue weighted by Gasteiger charge is -2.21. The van der Waals surface area contributed by atoms with Crippen molar-refractivity contribution in [3.63, 3.8) is 0 Å². The van der Waals surface area contributed by atoms with E-state index in [1.807, 2.05) is 4.83 Å². The Morgan fingerprint density at radius 3 is 2.30 bits per heavy atom. The molecule has 0 aliphatic heterocycles. The zero-order chi connectivity index (χ0) is 17.2. The molecule has 23 heavy (non-hydrogen) atoms. The third-order valence-electron chi connectivity index (χ3n) is 2.68. The van der Waals surface area contributed by atoms with Crippen molar-refractivity contribution in [1.82, 2.24) is 4.83 Å². The second-order valence-corrected chi connectivity index (χ2v) is 7.23. The van der Waals surface area contributed by atoms with Crippen molar-refractivity contribution >= 4 is 56.5 Å². The molecular weight excluding hydrogens is 385 g/mol. The summed E-state index contributed by atoms with van der Waals surface area (Å²) in [6, 6.07) is 8.80. The Morgan fingerprint density at radius 1 is 1.04 bits per heavy atom. The summed E-state index contributed by atoms with van der Waals surface area (Å²) in [6.45, 7) is 0. The number of nitrogens with zero attached hydrogens (tertiary/aromatic N) is 1. The first-order valence-electron chi connectivity index (χ1n) is 6.03. The van der Waals surface area contributed by atoms with Gasteiger partial charge < -0.3 is 5.73 Å². The van der Waals surface area contributed by atoms with E-state index in [1.165, 1.54) is 30.3 Å². The Labute approximate surface area is 147 Å². The molecule has 0 saturated heterocycles. The number of hydrogen-bond acceptors (Lipinski definition) is 3. The minimum Gasteiger partial charge on any atom is -0.350 e. The molecule has 122 valence electrons. The molecule has 0 aromatic heterocycles. The molecule has 2 rings (SSSR count). The second kappa shape index (κ2) is 6.94.